The monoisotopic (exact) mass is 354 g/mol. The Morgan fingerprint density at radius 1 is 1.08 bits per heavy atom. The van der Waals surface area contributed by atoms with Crippen molar-refractivity contribution in [2.45, 2.75) is 38.1 Å². The van der Waals surface area contributed by atoms with Gasteiger partial charge in [0.2, 0.25) is 5.95 Å². The summed E-state index contributed by atoms with van der Waals surface area (Å²) < 4.78 is 4.67. The van der Waals surface area contributed by atoms with Gasteiger partial charge in [0.25, 0.3) is 5.91 Å². The molecule has 136 valence electrons. The van der Waals surface area contributed by atoms with E-state index in [2.05, 4.69) is 25.3 Å². The van der Waals surface area contributed by atoms with Crippen molar-refractivity contribution in [3.8, 4) is 0 Å². The van der Waals surface area contributed by atoms with Gasteiger partial charge in [-0.2, -0.15) is 0 Å². The van der Waals surface area contributed by atoms with Gasteiger partial charge >= 0.3 is 5.97 Å². The number of nitrogens with zero attached hydrogens (tertiary/aromatic N) is 2. The van der Waals surface area contributed by atoms with E-state index in [4.69, 9.17) is 0 Å². The number of ether oxygens (including phenoxy) is 1. The number of aromatic nitrogens is 2. The van der Waals surface area contributed by atoms with Crippen molar-refractivity contribution in [1.82, 2.24) is 15.3 Å². The zero-order valence-corrected chi connectivity index (χ0v) is 14.7. The zero-order chi connectivity index (χ0) is 18.4. The summed E-state index contributed by atoms with van der Waals surface area (Å²) in [5.74, 6) is -0.246. The fourth-order valence-corrected chi connectivity index (χ4v) is 2.99. The third-order valence-corrected chi connectivity index (χ3v) is 4.39. The Hall–Kier alpha value is -2.96. The summed E-state index contributed by atoms with van der Waals surface area (Å²) in [6, 6.07) is 8.58. The SMILES string of the molecule is COC(=O)c1ccc(Nc2nccc(C(=O)NC3CCCCC3)n2)cc1. The second-order valence-electron chi connectivity index (χ2n) is 6.27. The van der Waals surface area contributed by atoms with Gasteiger partial charge in [-0.1, -0.05) is 19.3 Å². The van der Waals surface area contributed by atoms with Crippen LogP contribution in [0.2, 0.25) is 0 Å². The lowest BCUT2D eigenvalue weighted by atomic mass is 9.95. The van der Waals surface area contributed by atoms with E-state index < -0.39 is 5.97 Å². The van der Waals surface area contributed by atoms with Crippen molar-refractivity contribution < 1.29 is 14.3 Å². The van der Waals surface area contributed by atoms with E-state index in [1.165, 1.54) is 13.5 Å². The van der Waals surface area contributed by atoms with Crippen molar-refractivity contribution in [1.29, 1.82) is 0 Å². The maximum atomic E-state index is 12.4. The third-order valence-electron chi connectivity index (χ3n) is 4.39. The zero-order valence-electron chi connectivity index (χ0n) is 14.7. The summed E-state index contributed by atoms with van der Waals surface area (Å²) in [6.07, 6.45) is 7.14. The molecule has 0 atom stereocenters. The second kappa shape index (κ2) is 8.42. The normalized spacial score (nSPS) is 14.5. The molecule has 7 nitrogen and oxygen atoms in total. The molecule has 1 aromatic heterocycles. The molecule has 0 spiro atoms. The lowest BCUT2D eigenvalue weighted by molar-refractivity contribution is 0.0600. The molecule has 1 saturated carbocycles. The molecule has 26 heavy (non-hydrogen) atoms. The summed E-state index contributed by atoms with van der Waals surface area (Å²) in [6.45, 7) is 0. The number of rotatable bonds is 5. The number of hydrogen-bond donors (Lipinski definition) is 2. The fraction of sp³-hybridized carbons (Fsp3) is 0.368. The molecule has 2 N–H and O–H groups in total. The van der Waals surface area contributed by atoms with Crippen molar-refractivity contribution in [3.63, 3.8) is 0 Å². The van der Waals surface area contributed by atoms with Crippen LogP contribution < -0.4 is 10.6 Å². The summed E-state index contributed by atoms with van der Waals surface area (Å²) in [4.78, 5) is 32.3. The van der Waals surface area contributed by atoms with E-state index in [0.29, 0.717) is 22.9 Å². The maximum absolute atomic E-state index is 12.4. The molecule has 1 aliphatic rings. The number of methoxy groups -OCH3 is 1. The Kier molecular flexibility index (Phi) is 5.78. The van der Waals surface area contributed by atoms with Crippen LogP contribution in [0.25, 0.3) is 0 Å². The number of hydrogen-bond acceptors (Lipinski definition) is 6. The van der Waals surface area contributed by atoms with Crippen molar-refractivity contribution >= 4 is 23.5 Å². The average molecular weight is 354 g/mol. The Balaban J connectivity index is 1.65. The van der Waals surface area contributed by atoms with Crippen LogP contribution in [0.15, 0.2) is 36.5 Å². The minimum atomic E-state index is -0.394. The van der Waals surface area contributed by atoms with E-state index >= 15 is 0 Å². The van der Waals surface area contributed by atoms with Gasteiger partial charge in [-0.05, 0) is 43.2 Å². The quantitative estimate of drug-likeness (QED) is 0.802. The molecule has 0 aliphatic heterocycles. The molecule has 2 aromatic rings. The van der Waals surface area contributed by atoms with Gasteiger partial charge in [-0.3, -0.25) is 4.79 Å². The summed E-state index contributed by atoms with van der Waals surface area (Å²) in [5, 5.41) is 6.08. The smallest absolute Gasteiger partial charge is 0.337 e. The number of esters is 1. The Bertz CT molecular complexity index is 771. The van der Waals surface area contributed by atoms with Crippen LogP contribution in [0.3, 0.4) is 0 Å². The first-order valence-corrected chi connectivity index (χ1v) is 8.75. The molecule has 3 rings (SSSR count). The van der Waals surface area contributed by atoms with Crippen molar-refractivity contribution in [2.24, 2.45) is 0 Å². The minimum Gasteiger partial charge on any atom is -0.465 e. The first-order chi connectivity index (χ1) is 12.7. The van der Waals surface area contributed by atoms with E-state index in [9.17, 15) is 9.59 Å². The largest absolute Gasteiger partial charge is 0.465 e. The predicted molar refractivity (Wildman–Crippen MR) is 97.4 cm³/mol. The number of benzene rings is 1. The topological polar surface area (TPSA) is 93.2 Å². The first-order valence-electron chi connectivity index (χ1n) is 8.75. The molecule has 0 radical (unpaired) electrons. The van der Waals surface area contributed by atoms with Crippen molar-refractivity contribution in [3.05, 3.63) is 47.8 Å². The molecule has 0 saturated heterocycles. The summed E-state index contributed by atoms with van der Waals surface area (Å²) in [5.41, 5.74) is 1.50. The van der Waals surface area contributed by atoms with Crippen LogP contribution in [-0.2, 0) is 4.74 Å². The van der Waals surface area contributed by atoms with Gasteiger partial charge in [-0.25, -0.2) is 14.8 Å². The van der Waals surface area contributed by atoms with Crippen LogP contribution in [0.5, 0.6) is 0 Å². The highest BCUT2D eigenvalue weighted by atomic mass is 16.5. The molecule has 1 aliphatic carbocycles. The predicted octanol–water partition coefficient (Wildman–Crippen LogP) is 3.07. The summed E-state index contributed by atoms with van der Waals surface area (Å²) in [7, 11) is 1.34. The maximum Gasteiger partial charge on any atom is 0.337 e. The summed E-state index contributed by atoms with van der Waals surface area (Å²) >= 11 is 0. The van der Waals surface area contributed by atoms with Gasteiger partial charge in [0, 0.05) is 17.9 Å². The van der Waals surface area contributed by atoms with Gasteiger partial charge in [0.15, 0.2) is 0 Å². The molecule has 1 aromatic carbocycles. The van der Waals surface area contributed by atoms with E-state index in [-0.39, 0.29) is 11.9 Å². The van der Waals surface area contributed by atoms with Crippen molar-refractivity contribution in [2.75, 3.05) is 12.4 Å². The molecule has 0 unspecified atom stereocenters. The molecular weight excluding hydrogens is 332 g/mol. The molecule has 0 bridgehead atoms. The molecule has 1 fully saturated rings. The van der Waals surface area contributed by atoms with Gasteiger partial charge in [0.1, 0.15) is 5.69 Å². The van der Waals surface area contributed by atoms with Crippen LogP contribution in [0, 0.1) is 0 Å². The molecule has 7 heteroatoms. The highest BCUT2D eigenvalue weighted by Gasteiger charge is 2.17. The number of anilines is 2. The van der Waals surface area contributed by atoms with Crippen LogP contribution in [0.4, 0.5) is 11.6 Å². The highest BCUT2D eigenvalue weighted by molar-refractivity contribution is 5.92. The van der Waals surface area contributed by atoms with Crippen LogP contribution in [-0.4, -0.2) is 35.0 Å². The fourth-order valence-electron chi connectivity index (χ4n) is 2.99. The highest BCUT2D eigenvalue weighted by Crippen LogP contribution is 2.18. The number of carbonyl (C=O) groups is 2. The third kappa shape index (κ3) is 4.56. The van der Waals surface area contributed by atoms with Crippen LogP contribution >= 0.6 is 0 Å². The van der Waals surface area contributed by atoms with Gasteiger partial charge in [0.05, 0.1) is 12.7 Å². The lowest BCUT2D eigenvalue weighted by Crippen LogP contribution is -2.36. The van der Waals surface area contributed by atoms with E-state index in [1.54, 1.807) is 36.5 Å². The Morgan fingerprint density at radius 3 is 2.50 bits per heavy atom. The number of nitrogens with one attached hydrogen (secondary N) is 2. The molecule has 1 heterocycles. The second-order valence-corrected chi connectivity index (χ2v) is 6.27. The van der Waals surface area contributed by atoms with Gasteiger partial charge < -0.3 is 15.4 Å². The van der Waals surface area contributed by atoms with E-state index in [1.807, 2.05) is 0 Å². The average Bonchev–Trinajstić information content (AvgIpc) is 2.69. The molecular formula is C19H22N4O3. The van der Waals surface area contributed by atoms with E-state index in [0.717, 1.165) is 25.7 Å². The molecule has 1 amide bonds. The Morgan fingerprint density at radius 2 is 1.81 bits per heavy atom. The minimum absolute atomic E-state index is 0.177. The standard InChI is InChI=1S/C19H22N4O3/c1-26-18(25)13-7-9-15(10-8-13)22-19-20-12-11-16(23-19)17(24)21-14-5-3-2-4-6-14/h7-12,14H,2-6H2,1H3,(H,21,24)(H,20,22,23). The Labute approximate surface area is 152 Å². The van der Waals surface area contributed by atoms with Crippen LogP contribution in [0.1, 0.15) is 53.0 Å². The van der Waals surface area contributed by atoms with Gasteiger partial charge in [-0.15, -0.1) is 0 Å². The number of carbonyl (C=O) groups excluding carboxylic acids is 2. The number of amides is 1. The first kappa shape index (κ1) is 17.8. The lowest BCUT2D eigenvalue weighted by Gasteiger charge is -2.22.